The first-order valence-electron chi connectivity index (χ1n) is 5.72. The fourth-order valence-corrected chi connectivity index (χ4v) is 2.18. The van der Waals surface area contributed by atoms with Crippen molar-refractivity contribution in [1.29, 1.82) is 5.26 Å². The number of amides is 1. The lowest BCUT2D eigenvalue weighted by Crippen LogP contribution is -2.20. The maximum Gasteiger partial charge on any atom is 0.231 e. The molecule has 0 N–H and O–H groups in total. The fourth-order valence-electron chi connectivity index (χ4n) is 2.18. The van der Waals surface area contributed by atoms with E-state index in [-0.39, 0.29) is 11.3 Å². The number of anilines is 1. The molecule has 88 valence electrons. The van der Waals surface area contributed by atoms with Crippen molar-refractivity contribution in [2.45, 2.75) is 26.7 Å². The lowest BCUT2D eigenvalue weighted by atomic mass is 9.87. The number of likely N-dealkylation sites (N-methyl/N-ethyl adjacent to an activating group) is 1. The van der Waals surface area contributed by atoms with Crippen LogP contribution in [0.2, 0.25) is 0 Å². The Morgan fingerprint density at radius 2 is 2.18 bits per heavy atom. The molecule has 17 heavy (non-hydrogen) atoms. The van der Waals surface area contributed by atoms with E-state index in [1.165, 1.54) is 0 Å². The molecule has 1 aliphatic heterocycles. The monoisotopic (exact) mass is 228 g/mol. The van der Waals surface area contributed by atoms with Gasteiger partial charge in [-0.1, -0.05) is 12.1 Å². The molecule has 0 aromatic heterocycles. The van der Waals surface area contributed by atoms with Crippen LogP contribution in [0.5, 0.6) is 0 Å². The van der Waals surface area contributed by atoms with Gasteiger partial charge in [-0.05, 0) is 37.5 Å². The number of hydrogen-bond acceptors (Lipinski definition) is 2. The summed E-state index contributed by atoms with van der Waals surface area (Å²) in [5, 5.41) is 9.02. The van der Waals surface area contributed by atoms with Gasteiger partial charge in [0.25, 0.3) is 0 Å². The zero-order valence-corrected chi connectivity index (χ0v) is 10.4. The molecule has 3 heteroatoms. The average molecular weight is 228 g/mol. The topological polar surface area (TPSA) is 44.1 Å². The van der Waals surface area contributed by atoms with E-state index in [2.05, 4.69) is 12.1 Å². The van der Waals surface area contributed by atoms with Gasteiger partial charge in [-0.15, -0.1) is 0 Å². The summed E-state index contributed by atoms with van der Waals surface area (Å²) < 4.78 is 0. The first kappa shape index (κ1) is 11.7. The highest BCUT2D eigenvalue weighted by atomic mass is 16.2. The van der Waals surface area contributed by atoms with Crippen LogP contribution in [-0.2, 0) is 17.6 Å². The molecule has 0 unspecified atom stereocenters. The zero-order chi connectivity index (χ0) is 12.6. The third-order valence-corrected chi connectivity index (χ3v) is 3.17. The van der Waals surface area contributed by atoms with Crippen molar-refractivity contribution in [1.82, 2.24) is 0 Å². The molecule has 1 aliphatic rings. The summed E-state index contributed by atoms with van der Waals surface area (Å²) in [7, 11) is 1.80. The summed E-state index contributed by atoms with van der Waals surface area (Å²) in [6, 6.07) is 8.33. The number of hydrogen-bond donors (Lipinski definition) is 0. The summed E-state index contributed by atoms with van der Waals surface area (Å²) in [6.07, 6.45) is 1.20. The van der Waals surface area contributed by atoms with Crippen LogP contribution in [0.1, 0.15) is 25.0 Å². The number of benzene rings is 1. The van der Waals surface area contributed by atoms with E-state index < -0.39 is 0 Å². The van der Waals surface area contributed by atoms with E-state index in [1.807, 2.05) is 26.0 Å². The van der Waals surface area contributed by atoms with Crippen LogP contribution < -0.4 is 4.90 Å². The first-order chi connectivity index (χ1) is 7.93. The quantitative estimate of drug-likeness (QED) is 0.779. The van der Waals surface area contributed by atoms with Gasteiger partial charge in [-0.2, -0.15) is 5.26 Å². The smallest absolute Gasteiger partial charge is 0.231 e. The summed E-state index contributed by atoms with van der Waals surface area (Å²) in [5.41, 5.74) is 2.83. The van der Waals surface area contributed by atoms with E-state index in [0.717, 1.165) is 16.8 Å². The van der Waals surface area contributed by atoms with Gasteiger partial charge in [0.1, 0.15) is 0 Å². The van der Waals surface area contributed by atoms with Crippen molar-refractivity contribution >= 4 is 11.6 Å². The number of carbonyl (C=O) groups excluding carboxylic acids is 1. The molecule has 2 rings (SSSR count). The number of carbonyl (C=O) groups is 1. The highest BCUT2D eigenvalue weighted by Gasteiger charge is 2.25. The predicted molar refractivity (Wildman–Crippen MR) is 66.7 cm³/mol. The standard InChI is InChI=1S/C14H16N2O/c1-14(2,9-15)8-10-4-5-12-11(6-10)7-13(17)16(12)3/h4-6H,7-8H2,1-3H3. The van der Waals surface area contributed by atoms with Gasteiger partial charge >= 0.3 is 0 Å². The van der Waals surface area contributed by atoms with Gasteiger partial charge in [-0.3, -0.25) is 4.79 Å². The second-order valence-corrected chi connectivity index (χ2v) is 5.27. The number of nitrogens with zero attached hydrogens (tertiary/aromatic N) is 2. The van der Waals surface area contributed by atoms with Crippen LogP contribution in [0.3, 0.4) is 0 Å². The van der Waals surface area contributed by atoms with Crippen LogP contribution >= 0.6 is 0 Å². The molecule has 0 saturated heterocycles. The fraction of sp³-hybridized carbons (Fsp3) is 0.429. The highest BCUT2D eigenvalue weighted by Crippen LogP contribution is 2.30. The van der Waals surface area contributed by atoms with Crippen LogP contribution in [0, 0.1) is 16.7 Å². The third-order valence-electron chi connectivity index (χ3n) is 3.17. The average Bonchev–Trinajstić information content (AvgIpc) is 2.54. The Hall–Kier alpha value is -1.82. The number of nitriles is 1. The number of rotatable bonds is 2. The lowest BCUT2D eigenvalue weighted by molar-refractivity contribution is -0.117. The first-order valence-corrected chi connectivity index (χ1v) is 5.72. The van der Waals surface area contributed by atoms with Gasteiger partial charge in [0, 0.05) is 12.7 Å². The Balaban J connectivity index is 2.29. The molecular weight excluding hydrogens is 212 g/mol. The normalized spacial score (nSPS) is 14.7. The second-order valence-electron chi connectivity index (χ2n) is 5.27. The van der Waals surface area contributed by atoms with Crippen LogP contribution in [0.25, 0.3) is 0 Å². The Morgan fingerprint density at radius 1 is 1.47 bits per heavy atom. The molecule has 1 aromatic carbocycles. The molecule has 3 nitrogen and oxygen atoms in total. The molecule has 0 saturated carbocycles. The van der Waals surface area contributed by atoms with Gasteiger partial charge < -0.3 is 4.90 Å². The van der Waals surface area contributed by atoms with E-state index >= 15 is 0 Å². The van der Waals surface area contributed by atoms with Gasteiger partial charge in [0.05, 0.1) is 17.9 Å². The molecule has 1 aromatic rings. The van der Waals surface area contributed by atoms with Gasteiger partial charge in [0.15, 0.2) is 0 Å². The maximum absolute atomic E-state index is 11.6. The summed E-state index contributed by atoms with van der Waals surface area (Å²) in [6.45, 7) is 3.86. The Labute approximate surface area is 102 Å². The second kappa shape index (κ2) is 3.89. The molecule has 0 spiro atoms. The molecule has 1 heterocycles. The third kappa shape index (κ3) is 2.16. The largest absolute Gasteiger partial charge is 0.315 e. The van der Waals surface area contributed by atoms with Gasteiger partial charge in [0.2, 0.25) is 5.91 Å². The lowest BCUT2D eigenvalue weighted by Gasteiger charge is -2.16. The highest BCUT2D eigenvalue weighted by molar-refractivity contribution is 6.00. The molecule has 1 amide bonds. The summed E-state index contributed by atoms with van der Waals surface area (Å²) in [4.78, 5) is 13.2. The molecule has 0 atom stereocenters. The summed E-state index contributed by atoms with van der Waals surface area (Å²) >= 11 is 0. The maximum atomic E-state index is 11.6. The Kier molecular flexibility index (Phi) is 2.66. The van der Waals surface area contributed by atoms with Crippen molar-refractivity contribution in [2.24, 2.45) is 5.41 Å². The van der Waals surface area contributed by atoms with Crippen molar-refractivity contribution in [3.05, 3.63) is 29.3 Å². The van der Waals surface area contributed by atoms with Gasteiger partial charge in [-0.25, -0.2) is 0 Å². The van der Waals surface area contributed by atoms with Crippen LogP contribution in [-0.4, -0.2) is 13.0 Å². The molecule has 0 aliphatic carbocycles. The molecule has 0 radical (unpaired) electrons. The summed E-state index contributed by atoms with van der Waals surface area (Å²) in [5.74, 6) is 0.136. The van der Waals surface area contributed by atoms with E-state index in [9.17, 15) is 4.79 Å². The van der Waals surface area contributed by atoms with Crippen molar-refractivity contribution in [3.63, 3.8) is 0 Å². The van der Waals surface area contributed by atoms with Crippen molar-refractivity contribution in [2.75, 3.05) is 11.9 Å². The van der Waals surface area contributed by atoms with Crippen molar-refractivity contribution in [3.8, 4) is 6.07 Å². The van der Waals surface area contributed by atoms with E-state index in [4.69, 9.17) is 5.26 Å². The number of fused-ring (bicyclic) bond motifs is 1. The minimum Gasteiger partial charge on any atom is -0.315 e. The Morgan fingerprint density at radius 3 is 2.82 bits per heavy atom. The Bertz CT molecular complexity index is 511. The molecule has 0 fully saturated rings. The molecule has 0 bridgehead atoms. The van der Waals surface area contributed by atoms with E-state index in [1.54, 1.807) is 11.9 Å². The minimum atomic E-state index is -0.358. The van der Waals surface area contributed by atoms with E-state index in [0.29, 0.717) is 12.8 Å². The van der Waals surface area contributed by atoms with Crippen LogP contribution in [0.4, 0.5) is 5.69 Å². The molecular formula is C14H16N2O. The van der Waals surface area contributed by atoms with Crippen LogP contribution in [0.15, 0.2) is 18.2 Å². The van der Waals surface area contributed by atoms with Crippen molar-refractivity contribution < 1.29 is 4.79 Å². The predicted octanol–water partition coefficient (Wildman–Crippen LogP) is 2.30. The SMILES string of the molecule is CN1C(=O)Cc2cc(CC(C)(C)C#N)ccc21. The minimum absolute atomic E-state index is 0.136. The zero-order valence-electron chi connectivity index (χ0n) is 10.4.